The van der Waals surface area contributed by atoms with E-state index in [0.717, 1.165) is 25.3 Å². The molecule has 2 rings (SSSR count). The van der Waals surface area contributed by atoms with Crippen LogP contribution in [-0.2, 0) is 0 Å². The molecule has 0 unspecified atom stereocenters. The average Bonchev–Trinajstić information content (AvgIpc) is 2.95. The van der Waals surface area contributed by atoms with Crippen LogP contribution in [0.3, 0.4) is 0 Å². The third kappa shape index (κ3) is 7.21. The lowest BCUT2D eigenvalue weighted by molar-refractivity contribution is 0.00404. The van der Waals surface area contributed by atoms with Crippen LogP contribution in [0.15, 0.2) is 67.3 Å². The van der Waals surface area contributed by atoms with E-state index in [4.69, 9.17) is 4.74 Å². The van der Waals surface area contributed by atoms with Crippen LogP contribution in [0.25, 0.3) is 0 Å². The topological polar surface area (TPSA) is 49.7 Å². The maximum atomic E-state index is 14.2. The first-order chi connectivity index (χ1) is 13.4. The summed E-state index contributed by atoms with van der Waals surface area (Å²) in [5.74, 6) is -3.55. The highest BCUT2D eigenvalue weighted by Gasteiger charge is 2.40. The van der Waals surface area contributed by atoms with Crippen molar-refractivity contribution in [1.82, 2.24) is 0 Å². The zero-order valence-corrected chi connectivity index (χ0v) is 16.1. The molecule has 5 heteroatoms. The lowest BCUT2D eigenvalue weighted by Crippen LogP contribution is -2.25. The molecule has 0 heterocycles. The van der Waals surface area contributed by atoms with Crippen molar-refractivity contribution in [3.63, 3.8) is 0 Å². The van der Waals surface area contributed by atoms with Crippen LogP contribution >= 0.6 is 0 Å². The van der Waals surface area contributed by atoms with Crippen molar-refractivity contribution in [1.29, 1.82) is 0 Å². The fourth-order valence-corrected chi connectivity index (χ4v) is 3.45. The molecule has 154 valence electrons. The summed E-state index contributed by atoms with van der Waals surface area (Å²) in [6.45, 7) is 2.91. The van der Waals surface area contributed by atoms with Crippen LogP contribution < -0.4 is 4.74 Å². The van der Waals surface area contributed by atoms with Crippen molar-refractivity contribution >= 4 is 0 Å². The Morgan fingerprint density at radius 3 is 2.57 bits per heavy atom. The average molecular weight is 392 g/mol. The van der Waals surface area contributed by atoms with Crippen LogP contribution in [0, 0.1) is 11.8 Å². The Morgan fingerprint density at radius 2 is 1.86 bits per heavy atom. The Labute approximate surface area is 166 Å². The number of halogens is 2. The molecule has 1 aromatic rings. The fraction of sp³-hybridized carbons (Fsp3) is 0.478. The molecule has 1 fully saturated rings. The summed E-state index contributed by atoms with van der Waals surface area (Å²) in [5, 5.41) is 20.4. The van der Waals surface area contributed by atoms with E-state index in [1.54, 1.807) is 30.3 Å². The number of unbranched alkanes of at least 4 members (excludes halogenated alkanes) is 2. The van der Waals surface area contributed by atoms with Gasteiger partial charge in [-0.15, -0.1) is 6.58 Å². The minimum atomic E-state index is -3.16. The first kappa shape index (κ1) is 22.3. The van der Waals surface area contributed by atoms with Crippen molar-refractivity contribution in [3.05, 3.63) is 67.3 Å². The quantitative estimate of drug-likeness (QED) is 0.415. The third-order valence-corrected chi connectivity index (χ3v) is 5.01. The summed E-state index contributed by atoms with van der Waals surface area (Å²) < 4.78 is 33.5. The van der Waals surface area contributed by atoms with Gasteiger partial charge in [0.15, 0.2) is 6.61 Å². The van der Waals surface area contributed by atoms with Crippen molar-refractivity contribution in [3.8, 4) is 5.75 Å². The second kappa shape index (κ2) is 11.1. The molecule has 1 saturated carbocycles. The van der Waals surface area contributed by atoms with Gasteiger partial charge in [0.25, 0.3) is 5.92 Å². The van der Waals surface area contributed by atoms with Gasteiger partial charge in [0.2, 0.25) is 0 Å². The van der Waals surface area contributed by atoms with Gasteiger partial charge >= 0.3 is 0 Å². The first-order valence-corrected chi connectivity index (χ1v) is 9.80. The maximum absolute atomic E-state index is 14.2. The molecular formula is C23H30F2O3. The predicted octanol–water partition coefficient (Wildman–Crippen LogP) is 4.92. The van der Waals surface area contributed by atoms with Crippen molar-refractivity contribution < 1.29 is 23.7 Å². The number of rotatable bonds is 11. The lowest BCUT2D eigenvalue weighted by Gasteiger charge is -2.20. The Balaban J connectivity index is 1.91. The van der Waals surface area contributed by atoms with Gasteiger partial charge in [0.05, 0.1) is 12.2 Å². The standard InChI is InChI=1S/C23H30F2O3/c1-2-3-4-5-6-10-13-19-20(22(27)16-21(19)26)14-15-23(24,25)17-28-18-11-8-7-9-12-18/h2,6-12,14-15,19-22,26-27H,1,3-5,13,16-17H2/b10-6-,15-14+/t19-,20-,21+,22-/m1/s1. The summed E-state index contributed by atoms with van der Waals surface area (Å²) in [4.78, 5) is 0. The van der Waals surface area contributed by atoms with Gasteiger partial charge in [0.1, 0.15) is 5.75 Å². The van der Waals surface area contributed by atoms with Gasteiger partial charge in [0, 0.05) is 12.3 Å². The highest BCUT2D eigenvalue weighted by molar-refractivity contribution is 5.21. The summed E-state index contributed by atoms with van der Waals surface area (Å²) >= 11 is 0. The van der Waals surface area contributed by atoms with Crippen LogP contribution in [0.1, 0.15) is 32.1 Å². The third-order valence-electron chi connectivity index (χ3n) is 5.01. The molecule has 0 aromatic heterocycles. The lowest BCUT2D eigenvalue weighted by atomic mass is 9.89. The van der Waals surface area contributed by atoms with E-state index in [1.807, 2.05) is 18.2 Å². The van der Waals surface area contributed by atoms with Gasteiger partial charge in [-0.05, 0) is 49.8 Å². The zero-order chi connectivity index (χ0) is 20.4. The van der Waals surface area contributed by atoms with Gasteiger partial charge < -0.3 is 14.9 Å². The van der Waals surface area contributed by atoms with E-state index in [9.17, 15) is 19.0 Å². The van der Waals surface area contributed by atoms with Crippen LogP contribution in [0.2, 0.25) is 0 Å². The molecule has 2 N–H and O–H groups in total. The molecule has 0 radical (unpaired) electrons. The summed E-state index contributed by atoms with van der Waals surface area (Å²) in [6, 6.07) is 8.46. The fourth-order valence-electron chi connectivity index (χ4n) is 3.45. The number of para-hydroxylation sites is 1. The number of benzene rings is 1. The van der Waals surface area contributed by atoms with E-state index in [0.29, 0.717) is 12.2 Å². The SMILES string of the molecule is C=CCCC/C=C\C[C@@H]1[C@@H](/C=C/C(F)(F)COc2ccccc2)[C@H](O)C[C@@H]1O. The van der Waals surface area contributed by atoms with Gasteiger partial charge in [-0.3, -0.25) is 0 Å². The van der Waals surface area contributed by atoms with Crippen molar-refractivity contribution in [2.45, 2.75) is 50.2 Å². The molecule has 0 bridgehead atoms. The normalized spacial score (nSPS) is 25.6. The minimum absolute atomic E-state index is 0.204. The van der Waals surface area contributed by atoms with E-state index in [1.165, 1.54) is 6.08 Å². The number of aliphatic hydroxyl groups is 2. The Kier molecular flexibility index (Phi) is 8.87. The first-order valence-electron chi connectivity index (χ1n) is 9.80. The number of allylic oxidation sites excluding steroid dienone is 3. The number of alkyl halides is 2. The number of aliphatic hydroxyl groups excluding tert-OH is 2. The highest BCUT2D eigenvalue weighted by Crippen LogP contribution is 2.37. The highest BCUT2D eigenvalue weighted by atomic mass is 19.3. The summed E-state index contributed by atoms with van der Waals surface area (Å²) in [5.41, 5.74) is 0. The second-order valence-electron chi connectivity index (χ2n) is 7.26. The molecule has 1 aromatic carbocycles. The van der Waals surface area contributed by atoms with E-state index in [2.05, 4.69) is 6.58 Å². The molecule has 0 aliphatic heterocycles. The zero-order valence-electron chi connectivity index (χ0n) is 16.1. The smallest absolute Gasteiger partial charge is 0.299 e. The monoisotopic (exact) mass is 392 g/mol. The van der Waals surface area contributed by atoms with E-state index < -0.39 is 30.7 Å². The molecule has 28 heavy (non-hydrogen) atoms. The molecule has 1 aliphatic carbocycles. The van der Waals surface area contributed by atoms with E-state index in [-0.39, 0.29) is 12.3 Å². The molecular weight excluding hydrogens is 362 g/mol. The predicted molar refractivity (Wildman–Crippen MR) is 107 cm³/mol. The van der Waals surface area contributed by atoms with Gasteiger partial charge in [-0.25, -0.2) is 0 Å². The Bertz CT molecular complexity index is 643. The summed E-state index contributed by atoms with van der Waals surface area (Å²) in [7, 11) is 0. The Morgan fingerprint density at radius 1 is 1.11 bits per heavy atom. The van der Waals surface area contributed by atoms with Crippen LogP contribution in [0.4, 0.5) is 8.78 Å². The number of ether oxygens (including phenoxy) is 1. The second-order valence-corrected chi connectivity index (χ2v) is 7.26. The van der Waals surface area contributed by atoms with Crippen molar-refractivity contribution in [2.75, 3.05) is 6.61 Å². The molecule has 1 aliphatic rings. The molecule has 0 saturated heterocycles. The van der Waals surface area contributed by atoms with Gasteiger partial charge in [-0.1, -0.05) is 42.5 Å². The molecule has 0 amide bonds. The van der Waals surface area contributed by atoms with Crippen molar-refractivity contribution in [2.24, 2.45) is 11.8 Å². The molecule has 4 atom stereocenters. The number of hydrogen-bond donors (Lipinski definition) is 2. The maximum Gasteiger partial charge on any atom is 0.299 e. The molecule has 0 spiro atoms. The largest absolute Gasteiger partial charge is 0.487 e. The molecule has 3 nitrogen and oxygen atoms in total. The van der Waals surface area contributed by atoms with E-state index >= 15 is 0 Å². The van der Waals surface area contributed by atoms with Gasteiger partial charge in [-0.2, -0.15) is 8.78 Å². The summed E-state index contributed by atoms with van der Waals surface area (Å²) in [6.07, 6.45) is 10.1. The van der Waals surface area contributed by atoms with Crippen LogP contribution in [-0.4, -0.2) is 35.0 Å². The number of hydrogen-bond acceptors (Lipinski definition) is 3. The minimum Gasteiger partial charge on any atom is -0.487 e. The Hall–Kier alpha value is -1.98. The van der Waals surface area contributed by atoms with Crippen LogP contribution in [0.5, 0.6) is 5.75 Å².